The first-order valence-corrected chi connectivity index (χ1v) is 10.2. The average molecular weight is 455 g/mol. The molecular weight excluding hydrogens is 432 g/mol. The van der Waals surface area contributed by atoms with E-state index >= 15 is 0 Å². The summed E-state index contributed by atoms with van der Waals surface area (Å²) in [5.74, 6) is 3.25. The van der Waals surface area contributed by atoms with Gasteiger partial charge in [0, 0.05) is 5.02 Å². The van der Waals surface area contributed by atoms with Crippen LogP contribution in [0.3, 0.4) is 0 Å². The fourth-order valence-corrected chi connectivity index (χ4v) is 3.50. The van der Waals surface area contributed by atoms with E-state index in [1.165, 1.54) is 6.20 Å². The minimum Gasteiger partial charge on any atom is -0.493 e. The number of carbonyl (C=O) groups excluding carboxylic acids is 1. The van der Waals surface area contributed by atoms with Crippen LogP contribution < -0.4 is 14.8 Å². The van der Waals surface area contributed by atoms with E-state index in [-0.39, 0.29) is 12.5 Å². The number of rotatable bonds is 9. The molecule has 2 aromatic carbocycles. The van der Waals surface area contributed by atoms with Gasteiger partial charge in [0.2, 0.25) is 5.88 Å². The molecule has 0 aliphatic carbocycles. The number of ether oxygens (including phenoxy) is 3. The fourth-order valence-electron chi connectivity index (χ4n) is 3.37. The molecule has 1 atom stereocenters. The van der Waals surface area contributed by atoms with Gasteiger partial charge in [-0.05, 0) is 41.8 Å². The number of halogens is 1. The van der Waals surface area contributed by atoms with Crippen molar-refractivity contribution < 1.29 is 23.5 Å². The summed E-state index contributed by atoms with van der Waals surface area (Å²) in [5.41, 5.74) is 0.553. The lowest BCUT2D eigenvalue weighted by Gasteiger charge is -2.31. The average Bonchev–Trinajstić information content (AvgIpc) is 3.28. The van der Waals surface area contributed by atoms with Crippen LogP contribution in [0.15, 0.2) is 53.2 Å². The van der Waals surface area contributed by atoms with Crippen LogP contribution in [0.5, 0.6) is 11.5 Å². The molecule has 8 heteroatoms. The summed E-state index contributed by atoms with van der Waals surface area (Å²) in [5, 5.41) is 7.20. The van der Waals surface area contributed by atoms with Crippen LogP contribution in [0.25, 0.3) is 11.1 Å². The molecule has 32 heavy (non-hydrogen) atoms. The maximum Gasteiger partial charge on any atom is 0.263 e. The molecular formula is C24H23ClN2O5. The predicted molar refractivity (Wildman–Crippen MR) is 122 cm³/mol. The van der Waals surface area contributed by atoms with Gasteiger partial charge in [0.15, 0.2) is 17.1 Å². The molecule has 0 fully saturated rings. The lowest BCUT2D eigenvalue weighted by Crippen LogP contribution is -2.42. The van der Waals surface area contributed by atoms with Gasteiger partial charge in [-0.25, -0.2) is 0 Å². The number of nitrogens with zero attached hydrogens (tertiary/aromatic N) is 1. The van der Waals surface area contributed by atoms with Crippen LogP contribution >= 0.6 is 11.6 Å². The Balaban J connectivity index is 1.97. The second-order valence-corrected chi connectivity index (χ2v) is 7.21. The van der Waals surface area contributed by atoms with E-state index in [9.17, 15) is 4.79 Å². The lowest BCUT2D eigenvalue weighted by molar-refractivity contribution is -0.141. The Morgan fingerprint density at radius 1 is 1.19 bits per heavy atom. The highest BCUT2D eigenvalue weighted by atomic mass is 35.5. The molecule has 0 aliphatic heterocycles. The van der Waals surface area contributed by atoms with Gasteiger partial charge < -0.3 is 18.7 Å². The third kappa shape index (κ3) is 4.57. The molecule has 7 nitrogen and oxygen atoms in total. The topological polar surface area (TPSA) is 82.8 Å². The number of hydrogen-bond donors (Lipinski definition) is 1. The molecule has 1 heterocycles. The molecule has 0 saturated heterocycles. The van der Waals surface area contributed by atoms with Crippen LogP contribution in [0, 0.1) is 12.3 Å². The van der Waals surface area contributed by atoms with Crippen molar-refractivity contribution in [3.8, 4) is 35.0 Å². The third-order valence-corrected chi connectivity index (χ3v) is 5.32. The van der Waals surface area contributed by atoms with Gasteiger partial charge in [0.05, 0.1) is 26.0 Å². The molecule has 0 aliphatic rings. The zero-order valence-electron chi connectivity index (χ0n) is 18.0. The van der Waals surface area contributed by atoms with E-state index in [0.29, 0.717) is 34.1 Å². The Morgan fingerprint density at radius 2 is 1.91 bits per heavy atom. The van der Waals surface area contributed by atoms with E-state index in [0.717, 1.165) is 5.56 Å². The zero-order chi connectivity index (χ0) is 23.1. The smallest absolute Gasteiger partial charge is 0.263 e. The standard InChI is InChI=1S/C24H23ClN2O5/c1-5-13-31-24(6-2,17-8-10-18(25)11-9-17)23(28)27-22-19(15-26-32-22)16-7-12-20(29-3)21(14-16)30-4/h1,7-12,14-15H,6,13H2,2-4H3,(H,27,28). The summed E-state index contributed by atoms with van der Waals surface area (Å²) in [6.07, 6.45) is 7.23. The summed E-state index contributed by atoms with van der Waals surface area (Å²) >= 11 is 6.02. The second kappa shape index (κ2) is 10.2. The Hall–Kier alpha value is -3.47. The Kier molecular flexibility index (Phi) is 7.41. The first-order chi connectivity index (χ1) is 15.5. The Labute approximate surface area is 191 Å². The molecule has 0 saturated carbocycles. The SMILES string of the molecule is C#CCOC(CC)(C(=O)Nc1oncc1-c1ccc(OC)c(OC)c1)c1ccc(Cl)cc1. The maximum atomic E-state index is 13.5. The summed E-state index contributed by atoms with van der Waals surface area (Å²) in [6, 6.07) is 12.2. The van der Waals surface area contributed by atoms with Gasteiger partial charge in [0.25, 0.3) is 5.91 Å². The number of anilines is 1. The third-order valence-electron chi connectivity index (χ3n) is 5.07. The normalized spacial score (nSPS) is 12.5. The molecule has 3 aromatic rings. The van der Waals surface area contributed by atoms with Crippen molar-refractivity contribution in [3.05, 3.63) is 59.2 Å². The van der Waals surface area contributed by atoms with Crippen molar-refractivity contribution in [3.63, 3.8) is 0 Å². The molecule has 166 valence electrons. The quantitative estimate of drug-likeness (QED) is 0.463. The van der Waals surface area contributed by atoms with Crippen LogP contribution in [0.2, 0.25) is 5.02 Å². The molecule has 1 amide bonds. The molecule has 3 rings (SSSR count). The lowest BCUT2D eigenvalue weighted by atomic mass is 9.89. The maximum absolute atomic E-state index is 13.5. The first kappa shape index (κ1) is 23.2. The van der Waals surface area contributed by atoms with E-state index < -0.39 is 11.5 Å². The highest BCUT2D eigenvalue weighted by Gasteiger charge is 2.40. The minimum absolute atomic E-state index is 0.0528. The summed E-state index contributed by atoms with van der Waals surface area (Å²) < 4.78 is 21.9. The molecule has 1 N–H and O–H groups in total. The van der Waals surface area contributed by atoms with Gasteiger partial charge >= 0.3 is 0 Å². The van der Waals surface area contributed by atoms with Crippen molar-refractivity contribution in [1.29, 1.82) is 0 Å². The fraction of sp³-hybridized carbons (Fsp3) is 0.250. The summed E-state index contributed by atoms with van der Waals surface area (Å²) in [6.45, 7) is 1.78. The number of terminal acetylenes is 1. The molecule has 0 bridgehead atoms. The summed E-state index contributed by atoms with van der Waals surface area (Å²) in [4.78, 5) is 13.5. The highest BCUT2D eigenvalue weighted by Crippen LogP contribution is 2.37. The second-order valence-electron chi connectivity index (χ2n) is 6.77. The number of methoxy groups -OCH3 is 2. The largest absolute Gasteiger partial charge is 0.493 e. The van der Waals surface area contributed by atoms with E-state index in [1.54, 1.807) is 50.6 Å². The minimum atomic E-state index is -1.35. The Morgan fingerprint density at radius 3 is 2.53 bits per heavy atom. The number of hydrogen-bond acceptors (Lipinski definition) is 6. The van der Waals surface area contributed by atoms with Crippen molar-refractivity contribution in [1.82, 2.24) is 5.16 Å². The Bertz CT molecular complexity index is 1120. The molecule has 0 radical (unpaired) electrons. The van der Waals surface area contributed by atoms with Crippen molar-refractivity contribution in [2.75, 3.05) is 26.1 Å². The van der Waals surface area contributed by atoms with Crippen LogP contribution in [0.4, 0.5) is 5.88 Å². The van der Waals surface area contributed by atoms with Gasteiger partial charge in [-0.3, -0.25) is 10.1 Å². The number of amides is 1. The van der Waals surface area contributed by atoms with Crippen molar-refractivity contribution in [2.24, 2.45) is 0 Å². The first-order valence-electron chi connectivity index (χ1n) is 9.81. The number of carbonyl (C=O) groups is 1. The van der Waals surface area contributed by atoms with E-state index in [1.807, 2.05) is 13.0 Å². The van der Waals surface area contributed by atoms with Crippen molar-refractivity contribution >= 4 is 23.4 Å². The van der Waals surface area contributed by atoms with Crippen LogP contribution in [-0.4, -0.2) is 31.9 Å². The van der Waals surface area contributed by atoms with Gasteiger partial charge in [-0.15, -0.1) is 6.42 Å². The molecule has 0 spiro atoms. The summed E-state index contributed by atoms with van der Waals surface area (Å²) in [7, 11) is 3.10. The van der Waals surface area contributed by atoms with Crippen LogP contribution in [-0.2, 0) is 15.1 Å². The van der Waals surface area contributed by atoms with Crippen LogP contribution in [0.1, 0.15) is 18.9 Å². The predicted octanol–water partition coefficient (Wildman–Crippen LogP) is 4.91. The van der Waals surface area contributed by atoms with E-state index in [2.05, 4.69) is 16.4 Å². The molecule has 1 aromatic heterocycles. The number of benzene rings is 2. The molecule has 1 unspecified atom stereocenters. The van der Waals surface area contributed by atoms with Gasteiger partial charge in [0.1, 0.15) is 6.61 Å². The monoisotopic (exact) mass is 454 g/mol. The number of nitrogens with one attached hydrogen (secondary N) is 1. The highest BCUT2D eigenvalue weighted by molar-refractivity contribution is 6.30. The van der Waals surface area contributed by atoms with Gasteiger partial charge in [-0.1, -0.05) is 47.8 Å². The zero-order valence-corrected chi connectivity index (χ0v) is 18.7. The van der Waals surface area contributed by atoms with Gasteiger partial charge in [-0.2, -0.15) is 0 Å². The number of aromatic nitrogens is 1. The van der Waals surface area contributed by atoms with Crippen molar-refractivity contribution in [2.45, 2.75) is 18.9 Å². The van der Waals surface area contributed by atoms with E-state index in [4.69, 9.17) is 36.8 Å².